The fourth-order valence-corrected chi connectivity index (χ4v) is 1.59. The Morgan fingerprint density at radius 2 is 1.63 bits per heavy atom. The molecule has 2 amide bonds. The fraction of sp³-hybridized carbons (Fsp3) is 0.231. The highest BCUT2D eigenvalue weighted by molar-refractivity contribution is 5.97. The number of fused-ring (bicyclic) bond motifs is 1. The lowest BCUT2D eigenvalue weighted by Crippen LogP contribution is -2.40. The molecular weight excluding hydrogens is 244 g/mol. The molecule has 0 spiro atoms. The number of rotatable bonds is 1. The summed E-state index contributed by atoms with van der Waals surface area (Å²) in [4.78, 5) is 31.3. The minimum absolute atomic E-state index is 0.333. The van der Waals surface area contributed by atoms with Crippen LogP contribution in [0.1, 0.15) is 28.7 Å². The fourth-order valence-electron chi connectivity index (χ4n) is 1.59. The highest BCUT2D eigenvalue weighted by atomic mass is 16.2. The topological polar surface area (TPSA) is 84.0 Å². The highest BCUT2D eigenvalue weighted by Gasteiger charge is 2.08. The minimum Gasteiger partial charge on any atom is -0.274 e. The Morgan fingerprint density at radius 3 is 2.26 bits per heavy atom. The molecule has 2 aromatic rings. The van der Waals surface area contributed by atoms with E-state index in [0.29, 0.717) is 11.1 Å². The van der Waals surface area contributed by atoms with Crippen molar-refractivity contribution in [3.05, 3.63) is 35.2 Å². The summed E-state index contributed by atoms with van der Waals surface area (Å²) in [6, 6.07) is 5.02. The number of carbonyl (C=O) groups is 2. The van der Waals surface area contributed by atoms with Crippen LogP contribution in [0.3, 0.4) is 0 Å². The molecule has 0 bridgehead atoms. The van der Waals surface area contributed by atoms with Crippen LogP contribution in [-0.2, 0) is 4.79 Å². The van der Waals surface area contributed by atoms with Crippen molar-refractivity contribution >= 4 is 22.8 Å². The van der Waals surface area contributed by atoms with Crippen LogP contribution in [0.15, 0.2) is 18.2 Å². The first-order valence-electron chi connectivity index (χ1n) is 5.79. The van der Waals surface area contributed by atoms with Crippen molar-refractivity contribution in [1.29, 1.82) is 0 Å². The molecule has 1 heterocycles. The van der Waals surface area contributed by atoms with Gasteiger partial charge in [-0.1, -0.05) is 0 Å². The van der Waals surface area contributed by atoms with Gasteiger partial charge < -0.3 is 0 Å². The van der Waals surface area contributed by atoms with E-state index in [-0.39, 0.29) is 5.91 Å². The van der Waals surface area contributed by atoms with Gasteiger partial charge in [-0.3, -0.25) is 20.4 Å². The molecule has 19 heavy (non-hydrogen) atoms. The molecule has 0 aliphatic carbocycles. The molecule has 0 aliphatic rings. The van der Waals surface area contributed by atoms with Gasteiger partial charge in [0.2, 0.25) is 5.91 Å². The maximum absolute atomic E-state index is 11.8. The molecule has 6 heteroatoms. The largest absolute Gasteiger partial charge is 0.274 e. The van der Waals surface area contributed by atoms with Gasteiger partial charge in [0, 0.05) is 12.5 Å². The molecule has 0 atom stereocenters. The Balaban J connectivity index is 2.33. The quantitative estimate of drug-likeness (QED) is 0.748. The van der Waals surface area contributed by atoms with Crippen LogP contribution in [0.2, 0.25) is 0 Å². The monoisotopic (exact) mass is 258 g/mol. The summed E-state index contributed by atoms with van der Waals surface area (Å²) in [6.07, 6.45) is 0. The van der Waals surface area contributed by atoms with Crippen molar-refractivity contribution in [2.75, 3.05) is 0 Å². The lowest BCUT2D eigenvalue weighted by atomic mass is 10.1. The van der Waals surface area contributed by atoms with Crippen LogP contribution in [0.25, 0.3) is 11.0 Å². The molecule has 0 unspecified atom stereocenters. The molecule has 2 N–H and O–H groups in total. The molecule has 0 radical (unpaired) electrons. The molecule has 1 aromatic heterocycles. The third kappa shape index (κ3) is 2.85. The first-order chi connectivity index (χ1) is 8.97. The molecule has 0 saturated heterocycles. The summed E-state index contributed by atoms with van der Waals surface area (Å²) >= 11 is 0. The minimum atomic E-state index is -0.392. The summed E-state index contributed by atoms with van der Waals surface area (Å²) < 4.78 is 0. The van der Waals surface area contributed by atoms with Gasteiger partial charge >= 0.3 is 0 Å². The van der Waals surface area contributed by atoms with E-state index in [9.17, 15) is 9.59 Å². The zero-order chi connectivity index (χ0) is 14.0. The first-order valence-corrected chi connectivity index (χ1v) is 5.79. The van der Waals surface area contributed by atoms with Gasteiger partial charge in [0.25, 0.3) is 5.91 Å². The number of aromatic nitrogens is 2. The highest BCUT2D eigenvalue weighted by Crippen LogP contribution is 2.14. The number of hydrazine groups is 1. The van der Waals surface area contributed by atoms with E-state index in [1.807, 2.05) is 13.8 Å². The number of benzene rings is 1. The lowest BCUT2D eigenvalue weighted by molar-refractivity contribution is -0.119. The Morgan fingerprint density at radius 1 is 1.00 bits per heavy atom. The van der Waals surface area contributed by atoms with Gasteiger partial charge in [-0.15, -0.1) is 0 Å². The molecule has 6 nitrogen and oxygen atoms in total. The second-order valence-electron chi connectivity index (χ2n) is 4.23. The summed E-state index contributed by atoms with van der Waals surface area (Å²) in [5, 5.41) is 0. The average Bonchev–Trinajstić information content (AvgIpc) is 2.36. The standard InChI is InChI=1S/C13H14N4O2/c1-7-8(2)15-12-6-10(4-5-11(12)14-7)13(19)17-16-9(3)18/h4-6H,1-3H3,(H,16,18)(H,17,19). The second kappa shape index (κ2) is 5.01. The van der Waals surface area contributed by atoms with Crippen LogP contribution in [-0.4, -0.2) is 21.8 Å². The second-order valence-corrected chi connectivity index (χ2v) is 4.23. The van der Waals surface area contributed by atoms with E-state index in [2.05, 4.69) is 20.8 Å². The van der Waals surface area contributed by atoms with E-state index in [1.54, 1.807) is 18.2 Å². The number of hydrogen-bond acceptors (Lipinski definition) is 4. The normalized spacial score (nSPS) is 10.3. The SMILES string of the molecule is CC(=O)NNC(=O)c1ccc2nc(C)c(C)nc2c1. The molecule has 2 rings (SSSR count). The maximum Gasteiger partial charge on any atom is 0.269 e. The van der Waals surface area contributed by atoms with Gasteiger partial charge in [-0.2, -0.15) is 0 Å². The van der Waals surface area contributed by atoms with E-state index < -0.39 is 5.91 Å². The maximum atomic E-state index is 11.8. The van der Waals surface area contributed by atoms with Crippen LogP contribution >= 0.6 is 0 Å². The number of nitrogens with one attached hydrogen (secondary N) is 2. The van der Waals surface area contributed by atoms with Crippen molar-refractivity contribution in [2.45, 2.75) is 20.8 Å². The predicted octanol–water partition coefficient (Wildman–Crippen LogP) is 1.03. The molecule has 0 aliphatic heterocycles. The Labute approximate surface area is 110 Å². The van der Waals surface area contributed by atoms with Crippen molar-refractivity contribution in [2.24, 2.45) is 0 Å². The molecule has 0 saturated carbocycles. The number of carbonyl (C=O) groups excluding carboxylic acids is 2. The summed E-state index contributed by atoms with van der Waals surface area (Å²) in [7, 11) is 0. The molecule has 0 fully saturated rings. The van der Waals surface area contributed by atoms with Crippen LogP contribution in [0, 0.1) is 13.8 Å². The predicted molar refractivity (Wildman–Crippen MR) is 70.3 cm³/mol. The van der Waals surface area contributed by atoms with Crippen LogP contribution in [0.4, 0.5) is 0 Å². The van der Waals surface area contributed by atoms with Crippen molar-refractivity contribution in [3.8, 4) is 0 Å². The lowest BCUT2D eigenvalue weighted by Gasteiger charge is -2.06. The third-order valence-electron chi connectivity index (χ3n) is 2.69. The van der Waals surface area contributed by atoms with Crippen molar-refractivity contribution in [3.63, 3.8) is 0 Å². The third-order valence-corrected chi connectivity index (χ3v) is 2.69. The van der Waals surface area contributed by atoms with Gasteiger partial charge in [0.15, 0.2) is 0 Å². The molecule has 98 valence electrons. The Hall–Kier alpha value is -2.50. The number of amides is 2. The van der Waals surface area contributed by atoms with Gasteiger partial charge in [-0.05, 0) is 32.0 Å². The summed E-state index contributed by atoms with van der Waals surface area (Å²) in [5.41, 5.74) is 8.03. The Kier molecular flexibility index (Phi) is 3.41. The molecule has 1 aromatic carbocycles. The zero-order valence-corrected chi connectivity index (χ0v) is 10.9. The van der Waals surface area contributed by atoms with E-state index >= 15 is 0 Å². The smallest absolute Gasteiger partial charge is 0.269 e. The number of nitrogens with zero attached hydrogens (tertiary/aromatic N) is 2. The Bertz CT molecular complexity index is 667. The summed E-state index contributed by atoms with van der Waals surface area (Å²) in [5.74, 6) is -0.725. The van der Waals surface area contributed by atoms with Crippen molar-refractivity contribution < 1.29 is 9.59 Å². The van der Waals surface area contributed by atoms with E-state index in [0.717, 1.165) is 16.9 Å². The average molecular weight is 258 g/mol. The zero-order valence-electron chi connectivity index (χ0n) is 10.9. The van der Waals surface area contributed by atoms with Gasteiger partial charge in [0.05, 0.1) is 22.4 Å². The van der Waals surface area contributed by atoms with E-state index in [4.69, 9.17) is 0 Å². The summed E-state index contributed by atoms with van der Waals surface area (Å²) in [6.45, 7) is 5.07. The van der Waals surface area contributed by atoms with Gasteiger partial charge in [0.1, 0.15) is 0 Å². The van der Waals surface area contributed by atoms with Gasteiger partial charge in [-0.25, -0.2) is 9.97 Å². The van der Waals surface area contributed by atoms with Crippen LogP contribution in [0.5, 0.6) is 0 Å². The van der Waals surface area contributed by atoms with Crippen molar-refractivity contribution in [1.82, 2.24) is 20.8 Å². The number of hydrogen-bond donors (Lipinski definition) is 2. The first kappa shape index (κ1) is 12.9. The number of aryl methyl sites for hydroxylation is 2. The van der Waals surface area contributed by atoms with E-state index in [1.165, 1.54) is 6.92 Å². The van der Waals surface area contributed by atoms with Crippen LogP contribution < -0.4 is 10.9 Å². The molecular formula is C13H14N4O2.